The van der Waals surface area contributed by atoms with Crippen LogP contribution in [0.3, 0.4) is 0 Å². The van der Waals surface area contributed by atoms with Crippen molar-refractivity contribution in [3.63, 3.8) is 0 Å². The maximum Gasteiger partial charge on any atom is 0.472 e. The molecule has 0 amide bonds. The average Bonchev–Trinajstić information content (AvgIpc) is 3.15. The van der Waals surface area contributed by atoms with Gasteiger partial charge in [0.2, 0.25) is 0 Å². The lowest BCUT2D eigenvalue weighted by molar-refractivity contribution is -0.870. The van der Waals surface area contributed by atoms with Crippen LogP contribution >= 0.6 is 7.82 Å². The number of esters is 2. The lowest BCUT2D eigenvalue weighted by Gasteiger charge is -2.24. The van der Waals surface area contributed by atoms with Gasteiger partial charge in [-0.25, -0.2) is 4.57 Å². The van der Waals surface area contributed by atoms with E-state index in [0.717, 1.165) is 89.9 Å². The molecule has 1 N–H and O–H groups in total. The van der Waals surface area contributed by atoms with Crippen molar-refractivity contribution < 1.29 is 42.1 Å². The molecule has 0 bridgehead atoms. The predicted octanol–water partition coefficient (Wildman–Crippen LogP) is 12.0. The van der Waals surface area contributed by atoms with E-state index >= 15 is 0 Å². The Kier molecular flexibility index (Phi) is 35.9. The van der Waals surface area contributed by atoms with Gasteiger partial charge in [0.05, 0.1) is 27.7 Å². The van der Waals surface area contributed by atoms with Gasteiger partial charge < -0.3 is 18.9 Å². The van der Waals surface area contributed by atoms with E-state index in [1.165, 1.54) is 19.3 Å². The van der Waals surface area contributed by atoms with Crippen molar-refractivity contribution in [1.82, 2.24) is 0 Å². The van der Waals surface area contributed by atoms with Gasteiger partial charge in [-0.3, -0.25) is 18.6 Å². The number of likely N-dealkylation sites (N-methyl/N-ethyl adjacent to an activating group) is 1. The molecule has 0 spiro atoms. The lowest BCUT2D eigenvalue weighted by Crippen LogP contribution is -2.37. The van der Waals surface area contributed by atoms with Gasteiger partial charge in [0.1, 0.15) is 19.8 Å². The molecule has 10 heteroatoms. The van der Waals surface area contributed by atoms with Crippen molar-refractivity contribution in [3.8, 4) is 0 Å². The molecule has 0 aliphatic rings. The fourth-order valence-corrected chi connectivity index (χ4v) is 5.88. The van der Waals surface area contributed by atoms with Gasteiger partial charge in [-0.15, -0.1) is 0 Å². The molecule has 0 aliphatic carbocycles. The number of carbonyl (C=O) groups excluding carboxylic acids is 2. The molecule has 0 heterocycles. The summed E-state index contributed by atoms with van der Waals surface area (Å²) >= 11 is 0. The first-order valence-corrected chi connectivity index (χ1v) is 22.8. The van der Waals surface area contributed by atoms with Gasteiger partial charge in [0.15, 0.2) is 6.10 Å². The molecule has 0 fully saturated rings. The smallest absolute Gasteiger partial charge is 0.462 e. The fourth-order valence-electron chi connectivity index (χ4n) is 5.13. The van der Waals surface area contributed by atoms with Crippen LogP contribution < -0.4 is 0 Å². The summed E-state index contributed by atoms with van der Waals surface area (Å²) in [7, 11) is 1.43. The molecule has 0 aliphatic heterocycles. The highest BCUT2D eigenvalue weighted by Crippen LogP contribution is 2.43. The molecule has 0 aromatic heterocycles. The standard InChI is InChI=1S/C46H78NO8P/c1-6-8-10-12-14-16-18-20-22-23-25-26-28-30-32-34-36-38-45(48)52-42-44(43-54-56(50,51)53-41-40-47(3,4)5)55-46(49)39-37-35-33-31-29-27-24-21-19-17-15-13-11-9-7-2/h8-11,14-17,20-22,24,29,31,44H,6-7,12-13,18-19,23,25-28,30,32-43H2,1-5H3/p+1/b10-8-,11-9-,16-14-,17-15-,22-20-,24-21-,31-29-. The summed E-state index contributed by atoms with van der Waals surface area (Å²) in [6.45, 7) is 4.11. The van der Waals surface area contributed by atoms with E-state index in [0.29, 0.717) is 17.4 Å². The van der Waals surface area contributed by atoms with Gasteiger partial charge in [0, 0.05) is 12.8 Å². The van der Waals surface area contributed by atoms with Gasteiger partial charge in [-0.1, -0.05) is 131 Å². The maximum absolute atomic E-state index is 12.7. The molecule has 0 aromatic carbocycles. The zero-order chi connectivity index (χ0) is 41.4. The second kappa shape index (κ2) is 37.7. The molecule has 0 saturated carbocycles. The number of hydrogen-bond acceptors (Lipinski definition) is 7. The second-order valence-electron chi connectivity index (χ2n) is 15.0. The summed E-state index contributed by atoms with van der Waals surface area (Å²) in [5, 5.41) is 0. The Morgan fingerprint density at radius 1 is 0.554 bits per heavy atom. The van der Waals surface area contributed by atoms with E-state index in [-0.39, 0.29) is 26.1 Å². The van der Waals surface area contributed by atoms with Crippen molar-refractivity contribution in [2.45, 2.75) is 148 Å². The number of quaternary nitrogens is 1. The molecular formula is C46H79NO8P+. The molecule has 2 atom stereocenters. The Hall–Kier alpha value is -2.81. The molecule has 56 heavy (non-hydrogen) atoms. The van der Waals surface area contributed by atoms with E-state index in [2.05, 4.69) is 98.9 Å². The fraction of sp³-hybridized carbons (Fsp3) is 0.652. The summed E-state index contributed by atoms with van der Waals surface area (Å²) < 4.78 is 34.2. The normalized spacial score (nSPS) is 14.5. The number of allylic oxidation sites excluding steroid dienone is 14. The minimum Gasteiger partial charge on any atom is -0.462 e. The summed E-state index contributed by atoms with van der Waals surface area (Å²) in [5.41, 5.74) is 0. The molecule has 0 radical (unpaired) electrons. The van der Waals surface area contributed by atoms with Gasteiger partial charge in [0.25, 0.3) is 0 Å². The number of phosphoric acid groups is 1. The quantitative estimate of drug-likeness (QED) is 0.0217. The van der Waals surface area contributed by atoms with Crippen LogP contribution in [0.5, 0.6) is 0 Å². The lowest BCUT2D eigenvalue weighted by atomic mass is 10.1. The monoisotopic (exact) mass is 805 g/mol. The predicted molar refractivity (Wildman–Crippen MR) is 233 cm³/mol. The first kappa shape index (κ1) is 53.2. The van der Waals surface area contributed by atoms with Gasteiger partial charge in [-0.05, 0) is 83.5 Å². The number of rotatable bonds is 37. The van der Waals surface area contributed by atoms with Crippen molar-refractivity contribution in [2.75, 3.05) is 47.5 Å². The summed E-state index contributed by atoms with van der Waals surface area (Å²) in [4.78, 5) is 35.3. The van der Waals surface area contributed by atoms with Crippen LogP contribution in [0.25, 0.3) is 0 Å². The third-order valence-corrected chi connectivity index (χ3v) is 9.40. The highest BCUT2D eigenvalue weighted by molar-refractivity contribution is 7.47. The first-order valence-electron chi connectivity index (χ1n) is 21.3. The Morgan fingerprint density at radius 2 is 0.964 bits per heavy atom. The Labute approximate surface area is 341 Å². The number of nitrogens with zero attached hydrogens (tertiary/aromatic N) is 1. The molecule has 0 saturated heterocycles. The molecule has 0 aromatic rings. The van der Waals surface area contributed by atoms with Crippen LogP contribution in [-0.4, -0.2) is 74.9 Å². The second-order valence-corrected chi connectivity index (χ2v) is 16.4. The van der Waals surface area contributed by atoms with Crippen LogP contribution in [0, 0.1) is 0 Å². The minimum atomic E-state index is -4.39. The average molecular weight is 805 g/mol. The molecule has 9 nitrogen and oxygen atoms in total. The van der Waals surface area contributed by atoms with Crippen LogP contribution in [0.4, 0.5) is 0 Å². The Bertz CT molecular complexity index is 1230. The molecule has 2 unspecified atom stereocenters. The van der Waals surface area contributed by atoms with Crippen LogP contribution in [0.1, 0.15) is 142 Å². The van der Waals surface area contributed by atoms with E-state index in [1.807, 2.05) is 21.1 Å². The Balaban J connectivity index is 4.47. The summed E-state index contributed by atoms with van der Waals surface area (Å²) in [6, 6.07) is 0. The van der Waals surface area contributed by atoms with Crippen molar-refractivity contribution in [2.24, 2.45) is 0 Å². The molecule has 0 rings (SSSR count). The number of carbonyl (C=O) groups is 2. The minimum absolute atomic E-state index is 0.0170. The third-order valence-electron chi connectivity index (χ3n) is 8.42. The van der Waals surface area contributed by atoms with Crippen LogP contribution in [0.2, 0.25) is 0 Å². The van der Waals surface area contributed by atoms with Crippen molar-refractivity contribution in [1.29, 1.82) is 0 Å². The highest BCUT2D eigenvalue weighted by atomic mass is 31.2. The van der Waals surface area contributed by atoms with Crippen LogP contribution in [0.15, 0.2) is 85.1 Å². The highest BCUT2D eigenvalue weighted by Gasteiger charge is 2.27. The number of phosphoric ester groups is 1. The SMILES string of the molecule is CC/C=C\C/C=C\C/C=C\C/C=C\CCCCC(=O)OC(COC(=O)CCCCCCCCC/C=C\C/C=C\C/C=C\CC)COP(=O)(O)OCC[N+](C)(C)C. The zero-order valence-electron chi connectivity index (χ0n) is 35.8. The summed E-state index contributed by atoms with van der Waals surface area (Å²) in [5.74, 6) is -0.868. The van der Waals surface area contributed by atoms with Crippen molar-refractivity contribution >= 4 is 19.8 Å². The number of unbranched alkanes of at least 4 members (excludes halogenated alkanes) is 9. The maximum atomic E-state index is 12.7. The van der Waals surface area contributed by atoms with Gasteiger partial charge >= 0.3 is 19.8 Å². The van der Waals surface area contributed by atoms with E-state index < -0.39 is 32.5 Å². The van der Waals surface area contributed by atoms with Crippen LogP contribution in [-0.2, 0) is 32.7 Å². The zero-order valence-corrected chi connectivity index (χ0v) is 36.7. The third kappa shape index (κ3) is 40.8. The first-order chi connectivity index (χ1) is 27.0. The Morgan fingerprint density at radius 3 is 1.46 bits per heavy atom. The van der Waals surface area contributed by atoms with E-state index in [4.69, 9.17) is 18.5 Å². The number of hydrogen-bond donors (Lipinski definition) is 1. The molecule has 320 valence electrons. The van der Waals surface area contributed by atoms with E-state index in [1.54, 1.807) is 0 Å². The molecular weight excluding hydrogens is 725 g/mol. The van der Waals surface area contributed by atoms with Crippen molar-refractivity contribution in [3.05, 3.63) is 85.1 Å². The topological polar surface area (TPSA) is 108 Å². The summed E-state index contributed by atoms with van der Waals surface area (Å²) in [6.07, 6.45) is 47.8. The van der Waals surface area contributed by atoms with E-state index in [9.17, 15) is 19.0 Å². The van der Waals surface area contributed by atoms with Gasteiger partial charge in [-0.2, -0.15) is 0 Å². The largest absolute Gasteiger partial charge is 0.472 e. The number of ether oxygens (including phenoxy) is 2.